The summed E-state index contributed by atoms with van der Waals surface area (Å²) in [6, 6.07) is 0. The summed E-state index contributed by atoms with van der Waals surface area (Å²) >= 11 is 0. The highest BCUT2D eigenvalue weighted by Crippen LogP contribution is 2.24. The van der Waals surface area contributed by atoms with Crippen LogP contribution in [0, 0.1) is 0 Å². The first-order chi connectivity index (χ1) is 5.38. The molecule has 0 fully saturated rings. The first kappa shape index (κ1) is 10.7. The van der Waals surface area contributed by atoms with E-state index in [1.807, 2.05) is 5.32 Å². The molecule has 0 saturated heterocycles. The summed E-state index contributed by atoms with van der Waals surface area (Å²) < 4.78 is 35.3. The number of allylic oxidation sites excluding steroid dienone is 1. The van der Waals surface area contributed by atoms with Crippen LogP contribution in [-0.2, 0) is 4.79 Å². The lowest BCUT2D eigenvalue weighted by Gasteiger charge is -2.04. The van der Waals surface area contributed by atoms with Crippen LogP contribution in [-0.4, -0.2) is 12.1 Å². The first-order valence-corrected chi connectivity index (χ1v) is 3.05. The topological polar surface area (TPSA) is 29.1 Å². The average Bonchev–Trinajstić information content (AvgIpc) is 1.85. The summed E-state index contributed by atoms with van der Waals surface area (Å²) in [6.07, 6.45) is -2.96. The van der Waals surface area contributed by atoms with E-state index >= 15 is 0 Å². The van der Waals surface area contributed by atoms with E-state index in [9.17, 15) is 18.0 Å². The molecule has 12 heavy (non-hydrogen) atoms. The lowest BCUT2D eigenvalue weighted by Crippen LogP contribution is -2.17. The summed E-state index contributed by atoms with van der Waals surface area (Å²) in [5, 5.41) is 2.00. The Hall–Kier alpha value is -1.26. The number of carbonyl (C=O) groups is 1. The second-order valence-corrected chi connectivity index (χ2v) is 2.04. The van der Waals surface area contributed by atoms with Gasteiger partial charge in [0.2, 0.25) is 5.91 Å². The predicted molar refractivity (Wildman–Crippen MR) is 38.2 cm³/mol. The van der Waals surface area contributed by atoms with Crippen molar-refractivity contribution in [1.82, 2.24) is 5.32 Å². The number of amides is 1. The maximum atomic E-state index is 11.8. The fourth-order valence-electron chi connectivity index (χ4n) is 0.421. The van der Waals surface area contributed by atoms with Crippen LogP contribution in [0.1, 0.15) is 6.92 Å². The van der Waals surface area contributed by atoms with Gasteiger partial charge in [-0.15, -0.1) is 0 Å². The summed E-state index contributed by atoms with van der Waals surface area (Å²) in [5.41, 5.74) is -0.943. The van der Waals surface area contributed by atoms with Crippen LogP contribution in [0.25, 0.3) is 0 Å². The zero-order chi connectivity index (χ0) is 9.78. The molecule has 0 aromatic rings. The molecule has 0 aliphatic carbocycles. The van der Waals surface area contributed by atoms with Gasteiger partial charge in [0.05, 0.1) is 0 Å². The summed E-state index contributed by atoms with van der Waals surface area (Å²) in [5.74, 6) is -0.833. The lowest BCUT2D eigenvalue weighted by molar-refractivity contribution is -0.117. The lowest BCUT2D eigenvalue weighted by atomic mass is 10.3. The Labute approximate surface area is 67.8 Å². The van der Waals surface area contributed by atoms with Crippen molar-refractivity contribution in [1.29, 1.82) is 0 Å². The highest BCUT2D eigenvalue weighted by molar-refractivity contribution is 5.88. The molecular weight excluding hydrogens is 171 g/mol. The van der Waals surface area contributed by atoms with Gasteiger partial charge in [-0.05, 0) is 13.1 Å². The molecule has 0 atom stereocenters. The Morgan fingerprint density at radius 2 is 2.00 bits per heavy atom. The van der Waals surface area contributed by atoms with E-state index in [-0.39, 0.29) is 0 Å². The molecule has 0 spiro atoms. The monoisotopic (exact) mass is 179 g/mol. The number of hydrogen-bond acceptors (Lipinski definition) is 1. The molecule has 0 unspecified atom stereocenters. The molecule has 0 aliphatic rings. The number of rotatable bonds is 2. The minimum absolute atomic E-state index is 0.474. The third-order valence-corrected chi connectivity index (χ3v) is 1.04. The fraction of sp³-hybridized carbons (Fsp3) is 0.286. The van der Waals surface area contributed by atoms with E-state index in [0.29, 0.717) is 6.08 Å². The second kappa shape index (κ2) is 3.94. The predicted octanol–water partition coefficient (Wildman–Crippen LogP) is 1.75. The summed E-state index contributed by atoms with van der Waals surface area (Å²) in [4.78, 5) is 10.5. The van der Waals surface area contributed by atoms with E-state index < -0.39 is 17.7 Å². The molecule has 1 amide bonds. The molecule has 5 heteroatoms. The van der Waals surface area contributed by atoms with Gasteiger partial charge in [0.1, 0.15) is 0 Å². The third-order valence-electron chi connectivity index (χ3n) is 1.04. The minimum Gasteiger partial charge on any atom is -0.330 e. The number of alkyl halides is 3. The van der Waals surface area contributed by atoms with Crippen molar-refractivity contribution in [3.63, 3.8) is 0 Å². The Kier molecular flexibility index (Phi) is 3.53. The SMILES string of the molecule is C=CNC(=O)/C=C(\C)C(F)(F)F. The van der Waals surface area contributed by atoms with E-state index in [0.717, 1.165) is 13.1 Å². The molecule has 0 heterocycles. The van der Waals surface area contributed by atoms with Crippen molar-refractivity contribution in [2.24, 2.45) is 0 Å². The highest BCUT2D eigenvalue weighted by Gasteiger charge is 2.30. The molecule has 2 nitrogen and oxygen atoms in total. The molecular formula is C7H8F3NO. The molecule has 0 aromatic heterocycles. The quantitative estimate of drug-likeness (QED) is 0.643. The van der Waals surface area contributed by atoms with Crippen LogP contribution < -0.4 is 5.32 Å². The van der Waals surface area contributed by atoms with Gasteiger partial charge < -0.3 is 5.32 Å². The van der Waals surface area contributed by atoms with Crippen molar-refractivity contribution in [2.75, 3.05) is 0 Å². The maximum Gasteiger partial charge on any atom is 0.412 e. The van der Waals surface area contributed by atoms with E-state index in [1.54, 1.807) is 0 Å². The van der Waals surface area contributed by atoms with Gasteiger partial charge in [-0.3, -0.25) is 4.79 Å². The molecule has 1 N–H and O–H groups in total. The zero-order valence-electron chi connectivity index (χ0n) is 6.40. The maximum absolute atomic E-state index is 11.8. The van der Waals surface area contributed by atoms with Crippen molar-refractivity contribution >= 4 is 5.91 Å². The van der Waals surface area contributed by atoms with Crippen LogP contribution in [0.4, 0.5) is 13.2 Å². The van der Waals surface area contributed by atoms with Crippen LogP contribution in [0.15, 0.2) is 24.4 Å². The molecule has 0 aliphatic heterocycles. The van der Waals surface area contributed by atoms with Gasteiger partial charge in [-0.1, -0.05) is 6.58 Å². The smallest absolute Gasteiger partial charge is 0.330 e. The fourth-order valence-corrected chi connectivity index (χ4v) is 0.421. The number of carbonyl (C=O) groups excluding carboxylic acids is 1. The van der Waals surface area contributed by atoms with Crippen LogP contribution in [0.2, 0.25) is 0 Å². The van der Waals surface area contributed by atoms with Gasteiger partial charge in [0.25, 0.3) is 0 Å². The molecule has 0 bridgehead atoms. The van der Waals surface area contributed by atoms with Gasteiger partial charge in [0.15, 0.2) is 0 Å². The third kappa shape index (κ3) is 3.80. The van der Waals surface area contributed by atoms with Gasteiger partial charge in [0, 0.05) is 11.6 Å². The highest BCUT2D eigenvalue weighted by atomic mass is 19.4. The number of nitrogens with one attached hydrogen (secondary N) is 1. The van der Waals surface area contributed by atoms with Gasteiger partial charge >= 0.3 is 6.18 Å². The number of hydrogen-bond donors (Lipinski definition) is 1. The molecule has 0 aromatic carbocycles. The van der Waals surface area contributed by atoms with Gasteiger partial charge in [-0.2, -0.15) is 13.2 Å². The normalized spacial score (nSPS) is 12.5. The Morgan fingerprint density at radius 1 is 1.50 bits per heavy atom. The molecule has 68 valence electrons. The van der Waals surface area contributed by atoms with E-state index in [2.05, 4.69) is 6.58 Å². The van der Waals surface area contributed by atoms with Crippen molar-refractivity contribution in [3.05, 3.63) is 24.4 Å². The van der Waals surface area contributed by atoms with Crippen molar-refractivity contribution < 1.29 is 18.0 Å². The molecule has 0 rings (SSSR count). The zero-order valence-corrected chi connectivity index (χ0v) is 6.40. The van der Waals surface area contributed by atoms with Crippen molar-refractivity contribution in [3.8, 4) is 0 Å². The second-order valence-electron chi connectivity index (χ2n) is 2.04. The van der Waals surface area contributed by atoms with Crippen LogP contribution in [0.3, 0.4) is 0 Å². The standard InChI is InChI=1S/C7H8F3NO/c1-3-11-6(12)4-5(2)7(8,9)10/h3-4H,1H2,2H3,(H,11,12)/b5-4+. The Bertz CT molecular complexity index is 217. The Morgan fingerprint density at radius 3 is 2.33 bits per heavy atom. The number of halogens is 3. The van der Waals surface area contributed by atoms with Gasteiger partial charge in [-0.25, -0.2) is 0 Å². The van der Waals surface area contributed by atoms with E-state index in [1.165, 1.54) is 0 Å². The molecule has 0 radical (unpaired) electrons. The van der Waals surface area contributed by atoms with Crippen molar-refractivity contribution in [2.45, 2.75) is 13.1 Å². The first-order valence-electron chi connectivity index (χ1n) is 3.05. The Balaban J connectivity index is 4.36. The largest absolute Gasteiger partial charge is 0.412 e. The average molecular weight is 179 g/mol. The van der Waals surface area contributed by atoms with E-state index in [4.69, 9.17) is 0 Å². The minimum atomic E-state index is -4.45. The molecule has 0 saturated carbocycles. The van der Waals surface area contributed by atoms with Crippen LogP contribution >= 0.6 is 0 Å². The van der Waals surface area contributed by atoms with Crippen LogP contribution in [0.5, 0.6) is 0 Å². The summed E-state index contributed by atoms with van der Waals surface area (Å²) in [6.45, 7) is 3.95. The summed E-state index contributed by atoms with van der Waals surface area (Å²) in [7, 11) is 0.